The van der Waals surface area contributed by atoms with E-state index in [0.29, 0.717) is 13.1 Å². The van der Waals surface area contributed by atoms with Gasteiger partial charge in [0.15, 0.2) is 0 Å². The topological polar surface area (TPSA) is 65.7 Å². The van der Waals surface area contributed by atoms with Gasteiger partial charge < -0.3 is 14.8 Å². The molecule has 5 heteroatoms. The average molecular weight is 268 g/mol. The van der Waals surface area contributed by atoms with Crippen LogP contribution in [0.3, 0.4) is 0 Å². The molecule has 1 amide bonds. The smallest absolute Gasteiger partial charge is 0.234 e. The quantitative estimate of drug-likeness (QED) is 0.713. The second-order valence-electron chi connectivity index (χ2n) is 4.66. The van der Waals surface area contributed by atoms with Crippen molar-refractivity contribution in [2.24, 2.45) is 0 Å². The van der Waals surface area contributed by atoms with E-state index in [2.05, 4.69) is 12.2 Å². The third kappa shape index (κ3) is 5.89. The minimum Gasteiger partial charge on any atom is -0.467 e. The van der Waals surface area contributed by atoms with Crippen molar-refractivity contribution in [3.8, 4) is 0 Å². The highest BCUT2D eigenvalue weighted by molar-refractivity contribution is 5.78. The van der Waals surface area contributed by atoms with E-state index in [1.807, 2.05) is 17.9 Å². The molecular formula is C14H24N2O3. The molecule has 108 valence electrons. The summed E-state index contributed by atoms with van der Waals surface area (Å²) in [6, 6.07) is 3.51. The molecule has 0 fully saturated rings. The van der Waals surface area contributed by atoms with Crippen LogP contribution in [0.4, 0.5) is 0 Å². The fourth-order valence-electron chi connectivity index (χ4n) is 1.89. The Kier molecular flexibility index (Phi) is 7.22. The normalized spacial score (nSPS) is 12.6. The zero-order chi connectivity index (χ0) is 14.1. The van der Waals surface area contributed by atoms with Gasteiger partial charge in [-0.15, -0.1) is 0 Å². The predicted octanol–water partition coefficient (Wildman–Crippen LogP) is 1.55. The number of carbonyl (C=O) groups is 1. The van der Waals surface area contributed by atoms with Crippen LogP contribution < -0.4 is 5.32 Å². The Labute approximate surface area is 114 Å². The van der Waals surface area contributed by atoms with E-state index >= 15 is 0 Å². The van der Waals surface area contributed by atoms with Gasteiger partial charge in [-0.3, -0.25) is 9.69 Å². The van der Waals surface area contributed by atoms with Crippen LogP contribution >= 0.6 is 0 Å². The molecule has 1 unspecified atom stereocenters. The summed E-state index contributed by atoms with van der Waals surface area (Å²) in [6.07, 6.45) is 3.70. The Hall–Kier alpha value is -1.33. The minimum atomic E-state index is -0.135. The molecule has 1 heterocycles. The molecule has 0 bridgehead atoms. The molecule has 0 aliphatic rings. The van der Waals surface area contributed by atoms with Crippen LogP contribution in [0, 0.1) is 0 Å². The molecule has 0 aliphatic carbocycles. The molecule has 0 radical (unpaired) electrons. The minimum absolute atomic E-state index is 0.0477. The van der Waals surface area contributed by atoms with Crippen molar-refractivity contribution in [1.29, 1.82) is 0 Å². The second kappa shape index (κ2) is 8.72. The van der Waals surface area contributed by atoms with Crippen molar-refractivity contribution in [1.82, 2.24) is 10.2 Å². The lowest BCUT2D eigenvalue weighted by Gasteiger charge is -2.21. The number of nitrogens with zero attached hydrogens (tertiary/aromatic N) is 1. The van der Waals surface area contributed by atoms with Gasteiger partial charge in [0, 0.05) is 6.54 Å². The Balaban J connectivity index is 2.38. The molecule has 5 nitrogen and oxygen atoms in total. The third-order valence-electron chi connectivity index (χ3n) is 2.96. The number of unbranched alkanes of at least 4 members (excludes halogenated alkanes) is 1. The number of hydrogen-bond acceptors (Lipinski definition) is 4. The van der Waals surface area contributed by atoms with Crippen molar-refractivity contribution in [2.45, 2.75) is 32.7 Å². The molecular weight excluding hydrogens is 244 g/mol. The van der Waals surface area contributed by atoms with Crippen molar-refractivity contribution in [2.75, 3.05) is 26.2 Å². The molecule has 1 rings (SSSR count). The number of hydrogen-bond donors (Lipinski definition) is 2. The van der Waals surface area contributed by atoms with Gasteiger partial charge in [0.1, 0.15) is 5.76 Å². The molecule has 0 aromatic carbocycles. The molecule has 0 saturated heterocycles. The van der Waals surface area contributed by atoms with Gasteiger partial charge in [-0.05, 0) is 32.0 Å². The Morgan fingerprint density at radius 3 is 2.89 bits per heavy atom. The van der Waals surface area contributed by atoms with E-state index in [1.54, 1.807) is 12.3 Å². The lowest BCUT2D eigenvalue weighted by atomic mass is 10.2. The summed E-state index contributed by atoms with van der Waals surface area (Å²) < 4.78 is 5.25. The zero-order valence-corrected chi connectivity index (χ0v) is 11.8. The van der Waals surface area contributed by atoms with E-state index in [4.69, 9.17) is 9.52 Å². The van der Waals surface area contributed by atoms with Gasteiger partial charge in [-0.2, -0.15) is 0 Å². The first-order valence-corrected chi connectivity index (χ1v) is 6.83. The van der Waals surface area contributed by atoms with Gasteiger partial charge in [-0.1, -0.05) is 13.3 Å². The van der Waals surface area contributed by atoms with Crippen LogP contribution in [-0.2, 0) is 4.79 Å². The van der Waals surface area contributed by atoms with Gasteiger partial charge in [-0.25, -0.2) is 0 Å². The molecule has 2 N–H and O–H groups in total. The first-order chi connectivity index (χ1) is 9.17. The molecule has 0 spiro atoms. The lowest BCUT2D eigenvalue weighted by Crippen LogP contribution is -2.39. The van der Waals surface area contributed by atoms with Crippen LogP contribution in [0.15, 0.2) is 22.8 Å². The maximum atomic E-state index is 11.9. The number of carbonyl (C=O) groups excluding carboxylic acids is 1. The molecule has 1 aromatic heterocycles. The number of rotatable bonds is 9. The molecule has 0 saturated carbocycles. The predicted molar refractivity (Wildman–Crippen MR) is 73.7 cm³/mol. The number of furan rings is 1. The maximum absolute atomic E-state index is 11.9. The maximum Gasteiger partial charge on any atom is 0.234 e. The fourth-order valence-corrected chi connectivity index (χ4v) is 1.89. The molecule has 0 aliphatic heterocycles. The Morgan fingerprint density at radius 1 is 1.53 bits per heavy atom. The van der Waals surface area contributed by atoms with Crippen LogP contribution in [0.25, 0.3) is 0 Å². The van der Waals surface area contributed by atoms with E-state index in [-0.39, 0.29) is 18.6 Å². The van der Waals surface area contributed by atoms with Gasteiger partial charge >= 0.3 is 0 Å². The largest absolute Gasteiger partial charge is 0.467 e. The zero-order valence-electron chi connectivity index (χ0n) is 11.8. The second-order valence-corrected chi connectivity index (χ2v) is 4.66. The van der Waals surface area contributed by atoms with Gasteiger partial charge in [0.25, 0.3) is 0 Å². The highest BCUT2D eigenvalue weighted by Gasteiger charge is 2.14. The standard InChI is InChI=1S/C14H24N2O3/c1-3-4-7-16(8-9-17)11-14(18)15-12(2)13-6-5-10-19-13/h5-6,10,12,17H,3-4,7-9,11H2,1-2H3,(H,15,18). The van der Waals surface area contributed by atoms with Crippen LogP contribution in [-0.4, -0.2) is 42.2 Å². The number of amides is 1. The van der Waals surface area contributed by atoms with E-state index in [1.165, 1.54) is 0 Å². The Bertz CT molecular complexity index is 352. The molecule has 19 heavy (non-hydrogen) atoms. The SMILES string of the molecule is CCCCN(CCO)CC(=O)NC(C)c1ccco1. The van der Waals surface area contributed by atoms with Crippen molar-refractivity contribution < 1.29 is 14.3 Å². The summed E-state index contributed by atoms with van der Waals surface area (Å²) in [6.45, 7) is 5.74. The number of nitrogens with one attached hydrogen (secondary N) is 1. The highest BCUT2D eigenvalue weighted by atomic mass is 16.3. The lowest BCUT2D eigenvalue weighted by molar-refractivity contribution is -0.123. The highest BCUT2D eigenvalue weighted by Crippen LogP contribution is 2.11. The summed E-state index contributed by atoms with van der Waals surface area (Å²) in [7, 11) is 0. The van der Waals surface area contributed by atoms with Gasteiger partial charge in [0.2, 0.25) is 5.91 Å². The molecule has 1 atom stereocenters. The Morgan fingerprint density at radius 2 is 2.32 bits per heavy atom. The number of aliphatic hydroxyl groups excluding tert-OH is 1. The van der Waals surface area contributed by atoms with E-state index in [9.17, 15) is 4.79 Å². The third-order valence-corrected chi connectivity index (χ3v) is 2.96. The summed E-state index contributed by atoms with van der Waals surface area (Å²) >= 11 is 0. The molecule has 1 aromatic rings. The van der Waals surface area contributed by atoms with E-state index < -0.39 is 0 Å². The summed E-state index contributed by atoms with van der Waals surface area (Å²) in [5, 5.41) is 11.9. The number of aliphatic hydroxyl groups is 1. The van der Waals surface area contributed by atoms with Gasteiger partial charge in [0.05, 0.1) is 25.5 Å². The van der Waals surface area contributed by atoms with Crippen LogP contribution in [0.5, 0.6) is 0 Å². The average Bonchev–Trinajstić information content (AvgIpc) is 2.90. The van der Waals surface area contributed by atoms with Crippen molar-refractivity contribution in [3.63, 3.8) is 0 Å². The van der Waals surface area contributed by atoms with Crippen molar-refractivity contribution >= 4 is 5.91 Å². The monoisotopic (exact) mass is 268 g/mol. The fraction of sp³-hybridized carbons (Fsp3) is 0.643. The van der Waals surface area contributed by atoms with Crippen LogP contribution in [0.1, 0.15) is 38.5 Å². The summed E-state index contributed by atoms with van der Waals surface area (Å²) in [5.41, 5.74) is 0. The first kappa shape index (κ1) is 15.7. The first-order valence-electron chi connectivity index (χ1n) is 6.83. The van der Waals surface area contributed by atoms with Crippen molar-refractivity contribution in [3.05, 3.63) is 24.2 Å². The summed E-state index contributed by atoms with van der Waals surface area (Å²) in [5.74, 6) is 0.698. The van der Waals surface area contributed by atoms with Crippen LogP contribution in [0.2, 0.25) is 0 Å². The summed E-state index contributed by atoms with van der Waals surface area (Å²) in [4.78, 5) is 13.9. The van der Waals surface area contributed by atoms with E-state index in [0.717, 1.165) is 25.1 Å².